The van der Waals surface area contributed by atoms with Crippen LogP contribution in [0.4, 0.5) is 8.78 Å². The van der Waals surface area contributed by atoms with Crippen LogP contribution in [0, 0.1) is 0 Å². The van der Waals surface area contributed by atoms with Gasteiger partial charge in [0.15, 0.2) is 0 Å². The number of carbonyl (C=O) groups excluding carboxylic acids is 1. The number of amides is 1. The number of nitrogens with zero attached hydrogens (tertiary/aromatic N) is 4. The topological polar surface area (TPSA) is 52.9 Å². The second-order valence-electron chi connectivity index (χ2n) is 6.94. The number of pyridine rings is 1. The number of piperazine rings is 1. The predicted octanol–water partition coefficient (Wildman–Crippen LogP) is 2.05. The van der Waals surface area contributed by atoms with E-state index in [1.54, 1.807) is 11.0 Å². The highest BCUT2D eigenvalue weighted by atomic mass is 35.5. The molecule has 0 spiro atoms. The molecule has 0 saturated carbocycles. The normalized spacial score (nSPS) is 22.8. The zero-order chi connectivity index (χ0) is 18.3. The Morgan fingerprint density at radius 2 is 2.00 bits per heavy atom. The molecule has 1 unspecified atom stereocenters. The minimum Gasteiger partial charge on any atom is -0.339 e. The highest BCUT2D eigenvalue weighted by Crippen LogP contribution is 2.26. The molecule has 4 rings (SSSR count). The van der Waals surface area contributed by atoms with Crippen LogP contribution >= 0.6 is 24.0 Å². The highest BCUT2D eigenvalue weighted by Gasteiger charge is 2.43. The minimum atomic E-state index is -2.78. The molecular formula is C17H21Cl2F2N5O. The summed E-state index contributed by atoms with van der Waals surface area (Å²) in [4.78, 5) is 20.8. The number of aromatic nitrogens is 2. The van der Waals surface area contributed by atoms with Crippen LogP contribution in [-0.2, 0) is 11.3 Å². The van der Waals surface area contributed by atoms with Crippen molar-refractivity contribution < 1.29 is 13.6 Å². The van der Waals surface area contributed by atoms with Crippen molar-refractivity contribution in [1.29, 1.82) is 0 Å². The van der Waals surface area contributed by atoms with E-state index in [1.165, 1.54) is 0 Å². The molecule has 2 aromatic rings. The lowest BCUT2D eigenvalue weighted by atomic mass is 10.1. The van der Waals surface area contributed by atoms with Gasteiger partial charge >= 0.3 is 0 Å². The third-order valence-corrected chi connectivity index (χ3v) is 5.17. The Balaban J connectivity index is 0.00000210. The van der Waals surface area contributed by atoms with Crippen molar-refractivity contribution in [3.8, 4) is 0 Å². The van der Waals surface area contributed by atoms with Gasteiger partial charge in [0.2, 0.25) is 5.91 Å². The molecule has 0 bridgehead atoms. The summed E-state index contributed by atoms with van der Waals surface area (Å²) in [5.41, 5.74) is 1.77. The molecule has 4 heterocycles. The van der Waals surface area contributed by atoms with E-state index in [1.807, 2.05) is 22.9 Å². The molecule has 1 atom stereocenters. The number of halogens is 4. The molecule has 0 aromatic carbocycles. The summed E-state index contributed by atoms with van der Waals surface area (Å²) in [5.74, 6) is -3.00. The van der Waals surface area contributed by atoms with E-state index in [0.29, 0.717) is 37.7 Å². The predicted molar refractivity (Wildman–Crippen MR) is 101 cm³/mol. The Kier molecular flexibility index (Phi) is 5.90. The number of nitrogens with one attached hydrogen (secondary N) is 1. The Morgan fingerprint density at radius 1 is 1.26 bits per heavy atom. The molecule has 0 radical (unpaired) electrons. The molecule has 2 saturated heterocycles. The van der Waals surface area contributed by atoms with Crippen LogP contribution in [0.2, 0.25) is 5.02 Å². The van der Waals surface area contributed by atoms with Crippen molar-refractivity contribution in [2.24, 2.45) is 0 Å². The number of carbonyl (C=O) groups is 1. The van der Waals surface area contributed by atoms with Crippen LogP contribution in [0.25, 0.3) is 5.65 Å². The minimum absolute atomic E-state index is 0. The molecule has 1 N–H and O–H groups in total. The SMILES string of the molecule is Cl.O=C(C1CC(F)(F)CN1)N1CCN(Cc2cn3cc(Cl)ccc3n2)CC1. The van der Waals surface area contributed by atoms with E-state index in [-0.39, 0.29) is 18.3 Å². The van der Waals surface area contributed by atoms with Gasteiger partial charge in [-0.15, -0.1) is 12.4 Å². The molecule has 2 aromatic heterocycles. The van der Waals surface area contributed by atoms with Crippen LogP contribution in [0.5, 0.6) is 0 Å². The van der Waals surface area contributed by atoms with Crippen molar-refractivity contribution in [3.05, 3.63) is 35.2 Å². The van der Waals surface area contributed by atoms with Crippen LogP contribution in [0.3, 0.4) is 0 Å². The van der Waals surface area contributed by atoms with E-state index in [0.717, 1.165) is 11.3 Å². The molecule has 1 amide bonds. The molecule has 0 aliphatic carbocycles. The number of hydrogen-bond donors (Lipinski definition) is 1. The first-order valence-electron chi connectivity index (χ1n) is 8.65. The lowest BCUT2D eigenvalue weighted by Gasteiger charge is -2.35. The van der Waals surface area contributed by atoms with E-state index >= 15 is 0 Å². The molecule has 27 heavy (non-hydrogen) atoms. The number of hydrogen-bond acceptors (Lipinski definition) is 4. The lowest BCUT2D eigenvalue weighted by Crippen LogP contribution is -2.52. The molecule has 6 nitrogen and oxygen atoms in total. The first kappa shape index (κ1) is 20.3. The van der Waals surface area contributed by atoms with Crippen molar-refractivity contribution >= 4 is 35.6 Å². The summed E-state index contributed by atoms with van der Waals surface area (Å²) in [7, 11) is 0. The fourth-order valence-electron chi connectivity index (χ4n) is 3.56. The summed E-state index contributed by atoms with van der Waals surface area (Å²) in [6.07, 6.45) is 3.35. The number of imidazole rings is 1. The zero-order valence-corrected chi connectivity index (χ0v) is 16.1. The second-order valence-corrected chi connectivity index (χ2v) is 7.38. The van der Waals surface area contributed by atoms with E-state index in [2.05, 4.69) is 15.2 Å². The van der Waals surface area contributed by atoms with Crippen LogP contribution in [0.15, 0.2) is 24.5 Å². The smallest absolute Gasteiger partial charge is 0.262 e. The van der Waals surface area contributed by atoms with Gasteiger partial charge in [0.05, 0.1) is 23.3 Å². The van der Waals surface area contributed by atoms with Crippen molar-refractivity contribution in [2.75, 3.05) is 32.7 Å². The Bertz CT molecular complexity index is 823. The Labute approximate surface area is 166 Å². The summed E-state index contributed by atoms with van der Waals surface area (Å²) >= 11 is 5.99. The first-order valence-corrected chi connectivity index (χ1v) is 9.03. The summed E-state index contributed by atoms with van der Waals surface area (Å²) in [6, 6.07) is 2.91. The average molecular weight is 420 g/mol. The van der Waals surface area contributed by atoms with Gasteiger partial charge in [0, 0.05) is 51.5 Å². The molecule has 2 aliphatic rings. The van der Waals surface area contributed by atoms with Crippen molar-refractivity contribution in [1.82, 2.24) is 24.5 Å². The van der Waals surface area contributed by atoms with Gasteiger partial charge in [-0.3, -0.25) is 15.0 Å². The van der Waals surface area contributed by atoms with Crippen molar-refractivity contribution in [2.45, 2.75) is 24.9 Å². The number of alkyl halides is 2. The van der Waals surface area contributed by atoms with Gasteiger partial charge in [-0.25, -0.2) is 13.8 Å². The van der Waals surface area contributed by atoms with Gasteiger partial charge in [0.25, 0.3) is 5.92 Å². The first-order chi connectivity index (χ1) is 12.4. The summed E-state index contributed by atoms with van der Waals surface area (Å²) in [5, 5.41) is 3.29. The van der Waals surface area contributed by atoms with Crippen LogP contribution in [-0.4, -0.2) is 69.8 Å². The maximum Gasteiger partial charge on any atom is 0.262 e. The largest absolute Gasteiger partial charge is 0.339 e. The maximum atomic E-state index is 13.3. The highest BCUT2D eigenvalue weighted by molar-refractivity contribution is 6.30. The fourth-order valence-corrected chi connectivity index (χ4v) is 3.73. The number of rotatable bonds is 3. The van der Waals surface area contributed by atoms with E-state index in [4.69, 9.17) is 11.6 Å². The van der Waals surface area contributed by atoms with Crippen molar-refractivity contribution in [3.63, 3.8) is 0 Å². The summed E-state index contributed by atoms with van der Waals surface area (Å²) in [6.45, 7) is 2.75. The Hall–Kier alpha value is -1.48. The monoisotopic (exact) mass is 419 g/mol. The van der Waals surface area contributed by atoms with Gasteiger partial charge in [-0.1, -0.05) is 11.6 Å². The van der Waals surface area contributed by atoms with Crippen LogP contribution in [0.1, 0.15) is 12.1 Å². The maximum absolute atomic E-state index is 13.3. The molecular weight excluding hydrogens is 399 g/mol. The van der Waals surface area contributed by atoms with Gasteiger partial charge < -0.3 is 9.30 Å². The quantitative estimate of drug-likeness (QED) is 0.826. The molecule has 148 valence electrons. The third kappa shape index (κ3) is 4.51. The van der Waals surface area contributed by atoms with E-state index < -0.39 is 24.9 Å². The molecule has 2 fully saturated rings. The Morgan fingerprint density at radius 3 is 2.67 bits per heavy atom. The second kappa shape index (κ2) is 7.87. The summed E-state index contributed by atoms with van der Waals surface area (Å²) < 4.78 is 28.5. The van der Waals surface area contributed by atoms with Crippen LogP contribution < -0.4 is 5.32 Å². The fraction of sp³-hybridized carbons (Fsp3) is 0.529. The lowest BCUT2D eigenvalue weighted by molar-refractivity contribution is -0.135. The van der Waals surface area contributed by atoms with Gasteiger partial charge in [-0.05, 0) is 12.1 Å². The van der Waals surface area contributed by atoms with Gasteiger partial charge in [-0.2, -0.15) is 0 Å². The van der Waals surface area contributed by atoms with E-state index in [9.17, 15) is 13.6 Å². The average Bonchev–Trinajstić information content (AvgIpc) is 3.16. The number of fused-ring (bicyclic) bond motifs is 1. The van der Waals surface area contributed by atoms with Gasteiger partial charge in [0.1, 0.15) is 5.65 Å². The zero-order valence-electron chi connectivity index (χ0n) is 14.6. The standard InChI is InChI=1S/C17H20ClF2N5O.ClH/c18-12-1-2-15-22-13(10-25(15)8-12)9-23-3-5-24(6-4-23)16(26)14-7-17(19,20)11-21-14;/h1-2,8,10,14,21H,3-7,9,11H2;1H. The molecule has 2 aliphatic heterocycles. The third-order valence-electron chi connectivity index (χ3n) is 4.94. The molecule has 10 heteroatoms.